The van der Waals surface area contributed by atoms with E-state index in [1.54, 1.807) is 11.0 Å². The number of likely N-dealkylation sites (tertiary alicyclic amines) is 1. The predicted molar refractivity (Wildman–Crippen MR) is 135 cm³/mol. The van der Waals surface area contributed by atoms with E-state index in [0.29, 0.717) is 37.1 Å². The summed E-state index contributed by atoms with van der Waals surface area (Å²) < 4.78 is 23.0. The molecule has 2 aromatic rings. The molecule has 35 heavy (non-hydrogen) atoms. The lowest BCUT2D eigenvalue weighted by atomic mass is 9.87. The van der Waals surface area contributed by atoms with Gasteiger partial charge >= 0.3 is 6.09 Å². The first-order chi connectivity index (χ1) is 16.8. The van der Waals surface area contributed by atoms with Gasteiger partial charge in [-0.2, -0.15) is 0 Å². The van der Waals surface area contributed by atoms with Gasteiger partial charge in [0.25, 0.3) is 0 Å². The van der Waals surface area contributed by atoms with Crippen LogP contribution in [0.15, 0.2) is 48.5 Å². The number of para-hydroxylation sites is 1. The predicted octanol–water partition coefficient (Wildman–Crippen LogP) is 5.29. The molecule has 0 spiro atoms. The van der Waals surface area contributed by atoms with Crippen molar-refractivity contribution in [1.29, 1.82) is 0 Å². The highest BCUT2D eigenvalue weighted by Gasteiger charge is 2.35. The lowest BCUT2D eigenvalue weighted by molar-refractivity contribution is -0.0376. The van der Waals surface area contributed by atoms with Crippen LogP contribution < -0.4 is 9.47 Å². The third kappa shape index (κ3) is 8.60. The molecule has 7 nitrogen and oxygen atoms in total. The molecule has 0 radical (unpaired) electrons. The topological polar surface area (TPSA) is 77.5 Å². The first-order valence-electron chi connectivity index (χ1n) is 12.1. The van der Waals surface area contributed by atoms with Gasteiger partial charge in [0.1, 0.15) is 17.1 Å². The fraction of sp³-hybridized carbons (Fsp3) is 0.519. The van der Waals surface area contributed by atoms with Crippen molar-refractivity contribution in [1.82, 2.24) is 4.90 Å². The van der Waals surface area contributed by atoms with Gasteiger partial charge in [-0.25, -0.2) is 4.79 Å². The number of halogens is 1. The normalized spacial score (nSPS) is 18.3. The molecule has 1 aliphatic rings. The molecule has 2 atom stereocenters. The second-order valence-electron chi connectivity index (χ2n) is 9.50. The molecule has 0 saturated carbocycles. The second-order valence-corrected chi connectivity index (χ2v) is 9.91. The number of benzene rings is 2. The standard InChI is InChI=1S/C27H36ClNO6/c1-27(2,3)35-26(31)29-14-13-22(25(19-29)34-18-15-30)20-9-11-21(12-10-20)32-16-6-17-33-24-8-5-4-7-23(24)28/h4-5,7-12,22,25,30H,6,13-19H2,1-3H3. The van der Waals surface area contributed by atoms with E-state index in [1.807, 2.05) is 63.2 Å². The van der Waals surface area contributed by atoms with Gasteiger partial charge in [-0.3, -0.25) is 0 Å². The highest BCUT2D eigenvalue weighted by atomic mass is 35.5. The molecule has 1 heterocycles. The van der Waals surface area contributed by atoms with Gasteiger partial charge in [0.2, 0.25) is 0 Å². The first kappa shape index (κ1) is 27.1. The largest absolute Gasteiger partial charge is 0.493 e. The minimum Gasteiger partial charge on any atom is -0.493 e. The van der Waals surface area contributed by atoms with Gasteiger partial charge in [0.05, 0.1) is 44.1 Å². The number of aliphatic hydroxyl groups is 1. The summed E-state index contributed by atoms with van der Waals surface area (Å²) in [6.45, 7) is 7.77. The number of hydrogen-bond acceptors (Lipinski definition) is 6. The molecule has 2 unspecified atom stereocenters. The number of carbonyl (C=O) groups excluding carboxylic acids is 1. The highest BCUT2D eigenvalue weighted by Crippen LogP contribution is 2.32. The summed E-state index contributed by atoms with van der Waals surface area (Å²) in [6.07, 6.45) is 0.912. The lowest BCUT2D eigenvalue weighted by Gasteiger charge is -2.39. The molecular formula is C27H36ClNO6. The van der Waals surface area contributed by atoms with Crippen molar-refractivity contribution in [3.8, 4) is 11.5 Å². The van der Waals surface area contributed by atoms with E-state index in [2.05, 4.69) is 0 Å². The van der Waals surface area contributed by atoms with E-state index in [9.17, 15) is 9.90 Å². The van der Waals surface area contributed by atoms with Crippen molar-refractivity contribution >= 4 is 17.7 Å². The Morgan fingerprint density at radius 3 is 2.46 bits per heavy atom. The van der Waals surface area contributed by atoms with Crippen molar-refractivity contribution < 1.29 is 28.8 Å². The molecule has 192 valence electrons. The van der Waals surface area contributed by atoms with Crippen LogP contribution in [0.25, 0.3) is 0 Å². The van der Waals surface area contributed by atoms with E-state index >= 15 is 0 Å². The summed E-state index contributed by atoms with van der Waals surface area (Å²) in [4.78, 5) is 14.2. The van der Waals surface area contributed by atoms with Crippen molar-refractivity contribution in [3.05, 3.63) is 59.1 Å². The molecule has 2 aromatic carbocycles. The van der Waals surface area contributed by atoms with Crippen LogP contribution in [0.1, 0.15) is 45.1 Å². The summed E-state index contributed by atoms with van der Waals surface area (Å²) in [5.41, 5.74) is 0.567. The Morgan fingerprint density at radius 2 is 1.77 bits per heavy atom. The highest BCUT2D eigenvalue weighted by molar-refractivity contribution is 6.32. The van der Waals surface area contributed by atoms with E-state index in [4.69, 9.17) is 30.5 Å². The van der Waals surface area contributed by atoms with Crippen LogP contribution in [0.4, 0.5) is 4.79 Å². The Hall–Kier alpha value is -2.48. The third-order valence-corrected chi connectivity index (χ3v) is 5.91. The Morgan fingerprint density at radius 1 is 1.06 bits per heavy atom. The van der Waals surface area contributed by atoms with Gasteiger partial charge in [-0.1, -0.05) is 35.9 Å². The Labute approximate surface area is 212 Å². The van der Waals surface area contributed by atoms with Crippen LogP contribution in [0.5, 0.6) is 11.5 Å². The number of carbonyl (C=O) groups is 1. The SMILES string of the molecule is CC(C)(C)OC(=O)N1CCC(c2ccc(OCCCOc3ccccc3Cl)cc2)C(OCCO)C1. The van der Waals surface area contributed by atoms with Crippen LogP contribution in [-0.2, 0) is 9.47 Å². The first-order valence-corrected chi connectivity index (χ1v) is 12.4. The van der Waals surface area contributed by atoms with E-state index < -0.39 is 5.60 Å². The summed E-state index contributed by atoms with van der Waals surface area (Å²) in [6, 6.07) is 15.4. The molecule has 1 N–H and O–H groups in total. The minimum absolute atomic E-state index is 0.0668. The van der Waals surface area contributed by atoms with Crippen molar-refractivity contribution in [3.63, 3.8) is 0 Å². The van der Waals surface area contributed by atoms with Crippen LogP contribution in [0.2, 0.25) is 5.02 Å². The fourth-order valence-corrected chi connectivity index (χ4v) is 4.16. The molecule has 8 heteroatoms. The molecule has 1 aliphatic heterocycles. The average Bonchev–Trinajstić information content (AvgIpc) is 2.83. The van der Waals surface area contributed by atoms with E-state index in [0.717, 1.165) is 24.2 Å². The number of hydrogen-bond donors (Lipinski definition) is 1. The minimum atomic E-state index is -0.550. The van der Waals surface area contributed by atoms with Gasteiger partial charge < -0.3 is 29.0 Å². The van der Waals surface area contributed by atoms with Gasteiger partial charge in [0.15, 0.2) is 0 Å². The Balaban J connectivity index is 1.50. The number of nitrogens with zero attached hydrogens (tertiary/aromatic N) is 1. The Bertz CT molecular complexity index is 930. The maximum Gasteiger partial charge on any atom is 0.410 e. The molecular weight excluding hydrogens is 470 g/mol. The van der Waals surface area contributed by atoms with E-state index in [-0.39, 0.29) is 31.3 Å². The average molecular weight is 506 g/mol. The number of aliphatic hydroxyl groups excluding tert-OH is 1. The molecule has 0 bridgehead atoms. The van der Waals surface area contributed by atoms with Crippen LogP contribution in [-0.4, -0.2) is 67.3 Å². The molecule has 3 rings (SSSR count). The summed E-state index contributed by atoms with van der Waals surface area (Å²) >= 11 is 6.10. The van der Waals surface area contributed by atoms with E-state index in [1.165, 1.54) is 0 Å². The molecule has 0 aliphatic carbocycles. The quantitative estimate of drug-likeness (QED) is 0.442. The van der Waals surface area contributed by atoms with Gasteiger partial charge in [0, 0.05) is 18.9 Å². The van der Waals surface area contributed by atoms with Gasteiger partial charge in [-0.15, -0.1) is 0 Å². The third-order valence-electron chi connectivity index (χ3n) is 5.59. The van der Waals surface area contributed by atoms with Crippen molar-refractivity contribution in [2.24, 2.45) is 0 Å². The summed E-state index contributed by atoms with van der Waals surface area (Å²) in [5, 5.41) is 9.85. The zero-order chi connectivity index (χ0) is 25.3. The van der Waals surface area contributed by atoms with Crippen LogP contribution in [0, 0.1) is 0 Å². The second kappa shape index (κ2) is 13.0. The lowest BCUT2D eigenvalue weighted by Crippen LogP contribution is -2.48. The number of piperidine rings is 1. The number of amides is 1. The molecule has 1 saturated heterocycles. The molecule has 1 fully saturated rings. The molecule has 0 aromatic heterocycles. The smallest absolute Gasteiger partial charge is 0.410 e. The number of ether oxygens (including phenoxy) is 4. The maximum absolute atomic E-state index is 12.5. The van der Waals surface area contributed by atoms with Crippen LogP contribution >= 0.6 is 11.6 Å². The van der Waals surface area contributed by atoms with Gasteiger partial charge in [-0.05, 0) is 57.0 Å². The zero-order valence-electron chi connectivity index (χ0n) is 20.7. The Kier molecular flexibility index (Phi) is 10.1. The summed E-state index contributed by atoms with van der Waals surface area (Å²) in [5.74, 6) is 1.57. The van der Waals surface area contributed by atoms with Crippen LogP contribution in [0.3, 0.4) is 0 Å². The zero-order valence-corrected chi connectivity index (χ0v) is 21.5. The monoisotopic (exact) mass is 505 g/mol. The fourth-order valence-electron chi connectivity index (χ4n) is 3.97. The number of rotatable bonds is 10. The summed E-state index contributed by atoms with van der Waals surface area (Å²) in [7, 11) is 0. The maximum atomic E-state index is 12.5. The van der Waals surface area contributed by atoms with Crippen molar-refractivity contribution in [2.45, 2.75) is 51.2 Å². The van der Waals surface area contributed by atoms with Crippen molar-refractivity contribution in [2.75, 3.05) is 39.5 Å². The molecule has 1 amide bonds.